The van der Waals surface area contributed by atoms with Crippen LogP contribution in [0.3, 0.4) is 0 Å². The van der Waals surface area contributed by atoms with E-state index in [2.05, 4.69) is 51.8 Å². The van der Waals surface area contributed by atoms with Gasteiger partial charge < -0.3 is 19.7 Å². The quantitative estimate of drug-likeness (QED) is 0.595. The highest BCUT2D eigenvalue weighted by Gasteiger charge is 2.08. The van der Waals surface area contributed by atoms with Gasteiger partial charge in [-0.3, -0.25) is 0 Å². The smallest absolute Gasteiger partial charge is 0.192 e. The van der Waals surface area contributed by atoms with Crippen LogP contribution >= 0.6 is 0 Å². The van der Waals surface area contributed by atoms with Crippen molar-refractivity contribution >= 4 is 5.96 Å². The van der Waals surface area contributed by atoms with Crippen LogP contribution in [0.2, 0.25) is 0 Å². The zero-order valence-corrected chi connectivity index (χ0v) is 14.2. The van der Waals surface area contributed by atoms with E-state index in [0.29, 0.717) is 25.0 Å². The fraction of sp³-hybridized carbons (Fsp3) is 0.600. The second kappa shape index (κ2) is 8.30. The molecule has 2 heterocycles. The summed E-state index contributed by atoms with van der Waals surface area (Å²) in [6.07, 6.45) is 1.72. The van der Waals surface area contributed by atoms with Crippen LogP contribution in [-0.2, 0) is 19.6 Å². The fourth-order valence-corrected chi connectivity index (χ4v) is 2.01. The summed E-state index contributed by atoms with van der Waals surface area (Å²) in [5.41, 5.74) is 0.958. The summed E-state index contributed by atoms with van der Waals surface area (Å²) in [5, 5.41) is 18.5. The molecule has 0 bridgehead atoms. The normalized spacial score (nSPS) is 12.0. The second-order valence-electron chi connectivity index (χ2n) is 5.45. The number of hydrogen-bond donors (Lipinski definition) is 2. The largest absolute Gasteiger partial charge is 0.359 e. The number of hydrogen-bond acceptors (Lipinski definition) is 5. The lowest BCUT2D eigenvalue weighted by Gasteiger charge is -2.09. The molecule has 0 saturated carbocycles. The number of aliphatic imine (C=N–C) groups is 1. The van der Waals surface area contributed by atoms with Crippen LogP contribution in [-0.4, -0.2) is 32.4 Å². The van der Waals surface area contributed by atoms with Crippen LogP contribution < -0.4 is 10.6 Å². The van der Waals surface area contributed by atoms with E-state index in [4.69, 9.17) is 4.52 Å². The first-order chi connectivity index (χ1) is 11.1. The third-order valence-electron chi connectivity index (χ3n) is 3.36. The van der Waals surface area contributed by atoms with Gasteiger partial charge in [0.15, 0.2) is 17.5 Å². The van der Waals surface area contributed by atoms with E-state index in [0.717, 1.165) is 30.4 Å². The molecule has 8 heteroatoms. The van der Waals surface area contributed by atoms with Crippen LogP contribution in [0.5, 0.6) is 0 Å². The number of nitrogens with one attached hydrogen (secondary N) is 2. The van der Waals surface area contributed by atoms with E-state index in [-0.39, 0.29) is 0 Å². The highest BCUT2D eigenvalue weighted by molar-refractivity contribution is 5.79. The van der Waals surface area contributed by atoms with Gasteiger partial charge >= 0.3 is 0 Å². The first-order valence-electron chi connectivity index (χ1n) is 7.98. The van der Waals surface area contributed by atoms with Crippen molar-refractivity contribution in [3.8, 4) is 0 Å². The molecule has 2 aromatic heterocycles. The minimum Gasteiger partial charge on any atom is -0.359 e. The lowest BCUT2D eigenvalue weighted by molar-refractivity contribution is 0.372. The number of nitrogens with zero attached hydrogens (tertiary/aromatic N) is 5. The molecule has 0 aliphatic heterocycles. The van der Waals surface area contributed by atoms with Gasteiger partial charge in [-0.05, 0) is 19.8 Å². The van der Waals surface area contributed by atoms with Crippen molar-refractivity contribution in [2.75, 3.05) is 6.54 Å². The van der Waals surface area contributed by atoms with E-state index < -0.39 is 0 Å². The van der Waals surface area contributed by atoms with Crippen molar-refractivity contribution in [3.63, 3.8) is 0 Å². The molecule has 0 amide bonds. The number of aryl methyl sites for hydroxylation is 1. The molecule has 0 fully saturated rings. The maximum Gasteiger partial charge on any atom is 0.192 e. The van der Waals surface area contributed by atoms with E-state index in [1.807, 2.05) is 17.6 Å². The topological polar surface area (TPSA) is 93.2 Å². The fourth-order valence-electron chi connectivity index (χ4n) is 2.01. The maximum absolute atomic E-state index is 5.32. The van der Waals surface area contributed by atoms with Gasteiger partial charge in [0.05, 0.1) is 12.2 Å². The molecule has 0 spiro atoms. The van der Waals surface area contributed by atoms with Crippen LogP contribution in [0, 0.1) is 0 Å². The molecule has 2 aromatic rings. The molecule has 2 rings (SSSR count). The Labute approximate surface area is 136 Å². The third kappa shape index (κ3) is 4.80. The summed E-state index contributed by atoms with van der Waals surface area (Å²) in [4.78, 5) is 4.53. The zero-order chi connectivity index (χ0) is 16.7. The second-order valence-corrected chi connectivity index (χ2v) is 5.45. The van der Waals surface area contributed by atoms with Gasteiger partial charge in [0, 0.05) is 19.2 Å². The van der Waals surface area contributed by atoms with Crippen molar-refractivity contribution in [2.45, 2.75) is 53.2 Å². The molecule has 0 atom stereocenters. The molecular formula is C15H25N7O. The summed E-state index contributed by atoms with van der Waals surface area (Å²) in [6, 6.07) is 1.97. The molecule has 0 unspecified atom stereocenters. The molecule has 8 nitrogen and oxygen atoms in total. The Balaban J connectivity index is 1.96. The van der Waals surface area contributed by atoms with Gasteiger partial charge in [-0.2, -0.15) is 0 Å². The Hall–Kier alpha value is -2.38. The van der Waals surface area contributed by atoms with Crippen LogP contribution in [0.4, 0.5) is 0 Å². The molecule has 0 aliphatic rings. The van der Waals surface area contributed by atoms with Crippen molar-refractivity contribution in [1.29, 1.82) is 0 Å². The first-order valence-corrected chi connectivity index (χ1v) is 7.98. The standard InChI is InChI=1S/C15H25N7O/c1-5-16-15(18-9-14-20-19-10-22(14)6-2)17-8-12-7-13(11(3)4)21-23-12/h7,10-11H,5-6,8-9H2,1-4H3,(H2,16,17,18). The highest BCUT2D eigenvalue weighted by Crippen LogP contribution is 2.13. The van der Waals surface area contributed by atoms with Crippen molar-refractivity contribution in [1.82, 2.24) is 30.6 Å². The first kappa shape index (κ1) is 17.0. The summed E-state index contributed by atoms with van der Waals surface area (Å²) in [5.74, 6) is 2.69. The van der Waals surface area contributed by atoms with Crippen LogP contribution in [0.25, 0.3) is 0 Å². The summed E-state index contributed by atoms with van der Waals surface area (Å²) in [6.45, 7) is 10.9. The van der Waals surface area contributed by atoms with Gasteiger partial charge in [-0.15, -0.1) is 10.2 Å². The van der Waals surface area contributed by atoms with E-state index >= 15 is 0 Å². The van der Waals surface area contributed by atoms with Crippen molar-refractivity contribution in [2.24, 2.45) is 4.99 Å². The zero-order valence-electron chi connectivity index (χ0n) is 14.2. The average Bonchev–Trinajstić information content (AvgIpc) is 3.18. The molecule has 0 radical (unpaired) electrons. The minimum absolute atomic E-state index is 0.356. The van der Waals surface area contributed by atoms with Gasteiger partial charge in [0.25, 0.3) is 0 Å². The molecule has 126 valence electrons. The van der Waals surface area contributed by atoms with E-state index in [1.54, 1.807) is 6.33 Å². The van der Waals surface area contributed by atoms with Gasteiger partial charge in [0.2, 0.25) is 0 Å². The predicted molar refractivity (Wildman–Crippen MR) is 87.9 cm³/mol. The maximum atomic E-state index is 5.32. The van der Waals surface area contributed by atoms with Crippen molar-refractivity contribution in [3.05, 3.63) is 29.7 Å². The van der Waals surface area contributed by atoms with Crippen molar-refractivity contribution < 1.29 is 4.52 Å². The SMILES string of the molecule is CCNC(=NCc1nncn1CC)NCc1cc(C(C)C)no1. The molecule has 2 N–H and O–H groups in total. The predicted octanol–water partition coefficient (Wildman–Crippen LogP) is 1.66. The van der Waals surface area contributed by atoms with Gasteiger partial charge in [0.1, 0.15) is 12.9 Å². The number of rotatable bonds is 7. The number of guanidine groups is 1. The number of aromatic nitrogens is 4. The molecule has 0 saturated heterocycles. The Bertz CT molecular complexity index is 629. The lowest BCUT2D eigenvalue weighted by Crippen LogP contribution is -2.36. The van der Waals surface area contributed by atoms with Gasteiger partial charge in [-0.1, -0.05) is 19.0 Å². The molecular weight excluding hydrogens is 294 g/mol. The van der Waals surface area contributed by atoms with Crippen LogP contribution in [0.1, 0.15) is 50.9 Å². The van der Waals surface area contributed by atoms with Gasteiger partial charge in [-0.25, -0.2) is 4.99 Å². The monoisotopic (exact) mass is 319 g/mol. The van der Waals surface area contributed by atoms with Crippen LogP contribution in [0.15, 0.2) is 21.9 Å². The Morgan fingerprint density at radius 1 is 1.35 bits per heavy atom. The summed E-state index contributed by atoms with van der Waals surface area (Å²) < 4.78 is 7.29. The Morgan fingerprint density at radius 2 is 2.17 bits per heavy atom. The van der Waals surface area contributed by atoms with E-state index in [1.165, 1.54) is 0 Å². The van der Waals surface area contributed by atoms with E-state index in [9.17, 15) is 0 Å². The summed E-state index contributed by atoms with van der Waals surface area (Å²) >= 11 is 0. The Morgan fingerprint density at radius 3 is 2.83 bits per heavy atom. The highest BCUT2D eigenvalue weighted by atomic mass is 16.5. The molecule has 23 heavy (non-hydrogen) atoms. The Kier molecular flexibility index (Phi) is 6.13. The molecule has 0 aliphatic carbocycles. The third-order valence-corrected chi connectivity index (χ3v) is 3.36. The lowest BCUT2D eigenvalue weighted by atomic mass is 10.1. The molecule has 0 aromatic carbocycles. The average molecular weight is 319 g/mol. The minimum atomic E-state index is 0.356. The summed E-state index contributed by atoms with van der Waals surface area (Å²) in [7, 11) is 0.